The van der Waals surface area contributed by atoms with Gasteiger partial charge in [-0.25, -0.2) is 4.98 Å². The summed E-state index contributed by atoms with van der Waals surface area (Å²) < 4.78 is 5.62. The molecule has 0 aliphatic rings. The van der Waals surface area contributed by atoms with E-state index in [2.05, 4.69) is 34.3 Å². The standard InChI is InChI=1S/C24H27N3O2/c1-4-27(17-19-8-6-5-7-9-19)23-15-10-20(16-25-23)24(28)26-21-11-13-22(14-12-21)29-18(2)3/h5-16,18H,4,17H2,1-3H3,(H,26,28). The first-order chi connectivity index (χ1) is 14.0. The highest BCUT2D eigenvalue weighted by Gasteiger charge is 2.10. The Bertz CT molecular complexity index is 907. The van der Waals surface area contributed by atoms with E-state index in [4.69, 9.17) is 4.74 Å². The van der Waals surface area contributed by atoms with E-state index in [0.29, 0.717) is 5.56 Å². The number of aromatic nitrogens is 1. The summed E-state index contributed by atoms with van der Waals surface area (Å²) in [6.07, 6.45) is 1.73. The summed E-state index contributed by atoms with van der Waals surface area (Å²) in [5.74, 6) is 1.44. The second-order valence-corrected chi connectivity index (χ2v) is 7.05. The van der Waals surface area contributed by atoms with Gasteiger partial charge in [-0.05, 0) is 62.7 Å². The summed E-state index contributed by atoms with van der Waals surface area (Å²) in [7, 11) is 0. The van der Waals surface area contributed by atoms with Gasteiger partial charge in [-0.15, -0.1) is 0 Å². The first-order valence-corrected chi connectivity index (χ1v) is 9.88. The number of nitrogens with one attached hydrogen (secondary N) is 1. The molecule has 0 unspecified atom stereocenters. The maximum absolute atomic E-state index is 12.5. The first-order valence-electron chi connectivity index (χ1n) is 9.88. The van der Waals surface area contributed by atoms with Crippen molar-refractivity contribution in [2.75, 3.05) is 16.8 Å². The van der Waals surface area contributed by atoms with E-state index >= 15 is 0 Å². The minimum atomic E-state index is -0.187. The molecule has 5 heteroatoms. The molecule has 0 saturated carbocycles. The molecule has 1 heterocycles. The number of hydrogen-bond acceptors (Lipinski definition) is 4. The minimum Gasteiger partial charge on any atom is -0.491 e. The molecule has 0 saturated heterocycles. The Morgan fingerprint density at radius 2 is 1.76 bits per heavy atom. The van der Waals surface area contributed by atoms with Crippen LogP contribution < -0.4 is 15.0 Å². The van der Waals surface area contributed by atoms with Gasteiger partial charge in [0.15, 0.2) is 0 Å². The lowest BCUT2D eigenvalue weighted by molar-refractivity contribution is 0.102. The van der Waals surface area contributed by atoms with Crippen LogP contribution in [0.3, 0.4) is 0 Å². The monoisotopic (exact) mass is 389 g/mol. The van der Waals surface area contributed by atoms with Crippen molar-refractivity contribution in [1.82, 2.24) is 4.98 Å². The van der Waals surface area contributed by atoms with Gasteiger partial charge in [0.25, 0.3) is 5.91 Å². The SMILES string of the molecule is CCN(Cc1ccccc1)c1ccc(C(=O)Nc2ccc(OC(C)C)cc2)cn1. The summed E-state index contributed by atoms with van der Waals surface area (Å²) >= 11 is 0. The summed E-state index contributed by atoms with van der Waals surface area (Å²) in [5.41, 5.74) is 2.46. The highest BCUT2D eigenvalue weighted by molar-refractivity contribution is 6.04. The molecule has 1 N–H and O–H groups in total. The van der Waals surface area contributed by atoms with Crippen LogP contribution in [0.25, 0.3) is 0 Å². The number of nitrogens with zero attached hydrogens (tertiary/aromatic N) is 2. The smallest absolute Gasteiger partial charge is 0.257 e. The van der Waals surface area contributed by atoms with Gasteiger partial charge in [0, 0.05) is 25.0 Å². The largest absolute Gasteiger partial charge is 0.491 e. The molecule has 1 amide bonds. The summed E-state index contributed by atoms with van der Waals surface area (Å²) in [4.78, 5) is 19.2. The maximum atomic E-state index is 12.5. The fraction of sp³-hybridized carbons (Fsp3) is 0.250. The van der Waals surface area contributed by atoms with Gasteiger partial charge in [-0.2, -0.15) is 0 Å². The van der Waals surface area contributed by atoms with E-state index in [-0.39, 0.29) is 12.0 Å². The van der Waals surface area contributed by atoms with Crippen LogP contribution in [0.4, 0.5) is 11.5 Å². The second-order valence-electron chi connectivity index (χ2n) is 7.05. The molecule has 0 radical (unpaired) electrons. The van der Waals surface area contributed by atoms with Crippen molar-refractivity contribution in [1.29, 1.82) is 0 Å². The lowest BCUT2D eigenvalue weighted by Gasteiger charge is -2.22. The zero-order valence-electron chi connectivity index (χ0n) is 17.1. The molecule has 0 fully saturated rings. The molecule has 0 atom stereocenters. The number of benzene rings is 2. The molecule has 1 aromatic heterocycles. The van der Waals surface area contributed by atoms with Gasteiger partial charge in [0.1, 0.15) is 11.6 Å². The minimum absolute atomic E-state index is 0.115. The zero-order valence-corrected chi connectivity index (χ0v) is 17.1. The van der Waals surface area contributed by atoms with Crippen molar-refractivity contribution in [3.8, 4) is 5.75 Å². The van der Waals surface area contributed by atoms with Crippen LogP contribution in [0, 0.1) is 0 Å². The van der Waals surface area contributed by atoms with E-state index in [0.717, 1.165) is 30.3 Å². The number of pyridine rings is 1. The van der Waals surface area contributed by atoms with Gasteiger partial charge in [-0.3, -0.25) is 4.79 Å². The topological polar surface area (TPSA) is 54.5 Å². The van der Waals surface area contributed by atoms with Crippen molar-refractivity contribution in [2.24, 2.45) is 0 Å². The van der Waals surface area contributed by atoms with Crippen LogP contribution >= 0.6 is 0 Å². The fourth-order valence-electron chi connectivity index (χ4n) is 2.96. The number of carbonyl (C=O) groups excluding carboxylic acids is 1. The Balaban J connectivity index is 1.63. The molecule has 2 aromatic carbocycles. The average molecular weight is 389 g/mol. The van der Waals surface area contributed by atoms with Crippen LogP contribution in [0.15, 0.2) is 72.9 Å². The number of ether oxygens (including phenoxy) is 1. The predicted molar refractivity (Wildman–Crippen MR) is 118 cm³/mol. The lowest BCUT2D eigenvalue weighted by atomic mass is 10.2. The lowest BCUT2D eigenvalue weighted by Crippen LogP contribution is -2.23. The Morgan fingerprint density at radius 3 is 2.34 bits per heavy atom. The number of anilines is 2. The van der Waals surface area contributed by atoms with Crippen molar-refractivity contribution >= 4 is 17.4 Å². The quantitative estimate of drug-likeness (QED) is 0.579. The van der Waals surface area contributed by atoms with Crippen molar-refractivity contribution in [3.63, 3.8) is 0 Å². The van der Waals surface area contributed by atoms with Gasteiger partial charge >= 0.3 is 0 Å². The molecule has 0 aliphatic carbocycles. The van der Waals surface area contributed by atoms with Crippen LogP contribution in [0.1, 0.15) is 36.7 Å². The zero-order chi connectivity index (χ0) is 20.6. The van der Waals surface area contributed by atoms with Crippen LogP contribution in [0.5, 0.6) is 5.75 Å². The molecule has 3 aromatic rings. The highest BCUT2D eigenvalue weighted by atomic mass is 16.5. The van der Waals surface area contributed by atoms with E-state index in [9.17, 15) is 4.79 Å². The summed E-state index contributed by atoms with van der Waals surface area (Å²) in [5, 5.41) is 2.89. The van der Waals surface area contributed by atoms with Gasteiger partial charge in [0.05, 0.1) is 11.7 Å². The van der Waals surface area contributed by atoms with Gasteiger partial charge in [0.2, 0.25) is 0 Å². The maximum Gasteiger partial charge on any atom is 0.257 e. The second kappa shape index (κ2) is 9.73. The molecule has 0 aliphatic heterocycles. The Hall–Kier alpha value is -3.34. The van der Waals surface area contributed by atoms with E-state index < -0.39 is 0 Å². The van der Waals surface area contributed by atoms with Crippen molar-refractivity contribution in [3.05, 3.63) is 84.1 Å². The van der Waals surface area contributed by atoms with Crippen LogP contribution in [-0.2, 0) is 6.54 Å². The molecule has 29 heavy (non-hydrogen) atoms. The summed E-state index contributed by atoms with van der Waals surface area (Å²) in [6, 6.07) is 21.3. The first kappa shape index (κ1) is 20.4. The normalized spacial score (nSPS) is 10.6. The van der Waals surface area contributed by atoms with E-state index in [1.807, 2.05) is 68.4 Å². The van der Waals surface area contributed by atoms with Crippen molar-refractivity contribution < 1.29 is 9.53 Å². The highest BCUT2D eigenvalue weighted by Crippen LogP contribution is 2.19. The Labute approximate surface area is 172 Å². The fourth-order valence-corrected chi connectivity index (χ4v) is 2.96. The number of rotatable bonds is 8. The molecule has 0 bridgehead atoms. The average Bonchev–Trinajstić information content (AvgIpc) is 2.74. The van der Waals surface area contributed by atoms with Crippen LogP contribution in [-0.4, -0.2) is 23.5 Å². The van der Waals surface area contributed by atoms with Gasteiger partial charge < -0.3 is 15.0 Å². The van der Waals surface area contributed by atoms with Gasteiger partial charge in [-0.1, -0.05) is 30.3 Å². The number of hydrogen-bond donors (Lipinski definition) is 1. The Morgan fingerprint density at radius 1 is 1.03 bits per heavy atom. The number of amides is 1. The molecule has 3 rings (SSSR count). The molecule has 5 nitrogen and oxygen atoms in total. The predicted octanol–water partition coefficient (Wildman–Crippen LogP) is 5.15. The molecule has 150 valence electrons. The molecular formula is C24H27N3O2. The third-order valence-corrected chi connectivity index (χ3v) is 4.42. The molecular weight excluding hydrogens is 362 g/mol. The van der Waals surface area contributed by atoms with Crippen molar-refractivity contribution in [2.45, 2.75) is 33.4 Å². The number of carbonyl (C=O) groups is 1. The Kier molecular flexibility index (Phi) is 6.85. The van der Waals surface area contributed by atoms with Crippen LogP contribution in [0.2, 0.25) is 0 Å². The van der Waals surface area contributed by atoms with E-state index in [1.165, 1.54) is 5.56 Å². The van der Waals surface area contributed by atoms with E-state index in [1.54, 1.807) is 6.20 Å². The third kappa shape index (κ3) is 5.82. The summed E-state index contributed by atoms with van der Waals surface area (Å²) in [6.45, 7) is 7.66. The third-order valence-electron chi connectivity index (χ3n) is 4.42. The molecule has 0 spiro atoms.